The second-order valence-corrected chi connectivity index (χ2v) is 5.82. The van der Waals surface area contributed by atoms with Crippen molar-refractivity contribution in [3.05, 3.63) is 29.0 Å². The van der Waals surface area contributed by atoms with E-state index in [9.17, 15) is 0 Å². The van der Waals surface area contributed by atoms with E-state index in [4.69, 9.17) is 11.6 Å². The van der Waals surface area contributed by atoms with Gasteiger partial charge in [0.1, 0.15) is 0 Å². The van der Waals surface area contributed by atoms with Crippen LogP contribution in [0.15, 0.2) is 18.5 Å². The Morgan fingerprint density at radius 3 is 3.11 bits per heavy atom. The topological polar surface area (TPSA) is 28.2 Å². The highest BCUT2D eigenvalue weighted by molar-refractivity contribution is 6.31. The Bertz CT molecular complexity index is 377. The first-order valence-corrected chi connectivity index (χ1v) is 7.69. The van der Waals surface area contributed by atoms with Gasteiger partial charge in [0.15, 0.2) is 0 Å². The van der Waals surface area contributed by atoms with Crippen LogP contribution in [0.25, 0.3) is 0 Å². The zero-order chi connectivity index (χ0) is 13.5. The number of piperidine rings is 1. The number of hydrogen-bond acceptors (Lipinski definition) is 3. The molecule has 1 fully saturated rings. The minimum atomic E-state index is 0.779. The highest BCUT2D eigenvalue weighted by Gasteiger charge is 2.17. The lowest BCUT2D eigenvalue weighted by atomic mass is 9.99. The van der Waals surface area contributed by atoms with Crippen molar-refractivity contribution in [1.82, 2.24) is 15.2 Å². The van der Waals surface area contributed by atoms with Gasteiger partial charge in [-0.2, -0.15) is 0 Å². The molecule has 19 heavy (non-hydrogen) atoms. The van der Waals surface area contributed by atoms with Gasteiger partial charge in [-0.3, -0.25) is 9.88 Å². The van der Waals surface area contributed by atoms with Crippen molar-refractivity contribution in [2.45, 2.75) is 32.7 Å². The summed E-state index contributed by atoms with van der Waals surface area (Å²) in [5.41, 5.74) is 1.19. The third-order valence-corrected chi connectivity index (χ3v) is 4.05. The van der Waals surface area contributed by atoms with Crippen molar-refractivity contribution in [2.75, 3.05) is 26.2 Å². The molecule has 1 aliphatic heterocycles. The summed E-state index contributed by atoms with van der Waals surface area (Å²) >= 11 is 6.21. The fraction of sp³-hybridized carbons (Fsp3) is 0.667. The summed E-state index contributed by atoms with van der Waals surface area (Å²) in [5, 5.41) is 4.28. The Morgan fingerprint density at radius 2 is 2.42 bits per heavy atom. The van der Waals surface area contributed by atoms with Crippen molar-refractivity contribution in [3.8, 4) is 0 Å². The predicted octanol–water partition coefficient (Wildman–Crippen LogP) is 2.95. The van der Waals surface area contributed by atoms with E-state index in [2.05, 4.69) is 22.1 Å². The van der Waals surface area contributed by atoms with Gasteiger partial charge < -0.3 is 5.32 Å². The average molecular weight is 282 g/mol. The maximum atomic E-state index is 6.21. The van der Waals surface area contributed by atoms with Gasteiger partial charge in [-0.05, 0) is 56.4 Å². The second kappa shape index (κ2) is 7.83. The fourth-order valence-electron chi connectivity index (χ4n) is 2.77. The summed E-state index contributed by atoms with van der Waals surface area (Å²) < 4.78 is 0. The molecule has 1 aromatic rings. The van der Waals surface area contributed by atoms with Gasteiger partial charge in [0.2, 0.25) is 0 Å². The highest BCUT2D eigenvalue weighted by atomic mass is 35.5. The maximum Gasteiger partial charge on any atom is 0.0634 e. The maximum absolute atomic E-state index is 6.21. The Hall–Kier alpha value is -0.640. The molecule has 1 saturated heterocycles. The van der Waals surface area contributed by atoms with E-state index in [1.807, 2.05) is 12.3 Å². The number of aromatic nitrogens is 1. The third-order valence-electron chi connectivity index (χ3n) is 3.71. The predicted molar refractivity (Wildman–Crippen MR) is 80.4 cm³/mol. The molecule has 1 N–H and O–H groups in total. The van der Waals surface area contributed by atoms with Crippen LogP contribution in [0.5, 0.6) is 0 Å². The summed E-state index contributed by atoms with van der Waals surface area (Å²) in [7, 11) is 0. The number of rotatable bonds is 6. The van der Waals surface area contributed by atoms with E-state index in [0.717, 1.165) is 30.6 Å². The van der Waals surface area contributed by atoms with E-state index in [0.29, 0.717) is 0 Å². The zero-order valence-electron chi connectivity index (χ0n) is 11.7. The van der Waals surface area contributed by atoms with E-state index < -0.39 is 0 Å². The van der Waals surface area contributed by atoms with Crippen molar-refractivity contribution in [1.29, 1.82) is 0 Å². The smallest absolute Gasteiger partial charge is 0.0634 e. The molecule has 106 valence electrons. The molecule has 0 spiro atoms. The van der Waals surface area contributed by atoms with Crippen LogP contribution in [-0.4, -0.2) is 36.1 Å². The van der Waals surface area contributed by atoms with Crippen LogP contribution >= 0.6 is 11.6 Å². The molecular formula is C15H24ClN3. The molecule has 0 aliphatic carbocycles. The molecule has 0 saturated carbocycles. The van der Waals surface area contributed by atoms with Crippen LogP contribution in [0.2, 0.25) is 5.02 Å². The first-order valence-electron chi connectivity index (χ1n) is 7.31. The van der Waals surface area contributed by atoms with Crippen molar-refractivity contribution in [3.63, 3.8) is 0 Å². The Labute approximate surface area is 121 Å². The molecular weight excluding hydrogens is 258 g/mol. The third kappa shape index (κ3) is 4.75. The standard InChI is InChI=1S/C15H24ClN3/c1-2-8-19(11-13-4-3-6-17-9-13)12-14-5-7-18-10-15(14)16/h5,7,10,13,17H,2-4,6,8-9,11-12H2,1H3. The van der Waals surface area contributed by atoms with E-state index in [-0.39, 0.29) is 0 Å². The minimum Gasteiger partial charge on any atom is -0.316 e. The lowest BCUT2D eigenvalue weighted by Gasteiger charge is -2.30. The number of nitrogens with one attached hydrogen (secondary N) is 1. The van der Waals surface area contributed by atoms with Gasteiger partial charge in [-0.25, -0.2) is 0 Å². The Balaban J connectivity index is 1.93. The van der Waals surface area contributed by atoms with E-state index >= 15 is 0 Å². The SMILES string of the molecule is CCCN(Cc1ccncc1Cl)CC1CCCNC1. The van der Waals surface area contributed by atoms with Gasteiger partial charge in [0.05, 0.1) is 5.02 Å². The first kappa shape index (κ1) is 14.8. The summed E-state index contributed by atoms with van der Waals surface area (Å²) in [4.78, 5) is 6.58. The van der Waals surface area contributed by atoms with Gasteiger partial charge in [0, 0.05) is 25.5 Å². The monoisotopic (exact) mass is 281 g/mol. The Morgan fingerprint density at radius 1 is 1.53 bits per heavy atom. The van der Waals surface area contributed by atoms with Crippen LogP contribution in [-0.2, 0) is 6.54 Å². The van der Waals surface area contributed by atoms with Crippen LogP contribution in [0.1, 0.15) is 31.7 Å². The van der Waals surface area contributed by atoms with Crippen molar-refractivity contribution < 1.29 is 0 Å². The molecule has 3 nitrogen and oxygen atoms in total. The van der Waals surface area contributed by atoms with Crippen molar-refractivity contribution in [2.24, 2.45) is 5.92 Å². The summed E-state index contributed by atoms with van der Waals surface area (Å²) in [5.74, 6) is 0.779. The molecule has 4 heteroatoms. The Kier molecular flexibility index (Phi) is 6.08. The summed E-state index contributed by atoms with van der Waals surface area (Å²) in [6.45, 7) is 7.81. The molecule has 2 rings (SSSR count). The molecule has 0 aromatic carbocycles. The van der Waals surface area contributed by atoms with Crippen LogP contribution in [0.3, 0.4) is 0 Å². The largest absolute Gasteiger partial charge is 0.316 e. The van der Waals surface area contributed by atoms with Crippen LogP contribution in [0, 0.1) is 5.92 Å². The number of pyridine rings is 1. The van der Waals surface area contributed by atoms with Crippen LogP contribution < -0.4 is 5.32 Å². The molecule has 1 aliphatic rings. The van der Waals surface area contributed by atoms with Crippen LogP contribution in [0.4, 0.5) is 0 Å². The lowest BCUT2D eigenvalue weighted by Crippen LogP contribution is -2.38. The molecule has 2 heterocycles. The highest BCUT2D eigenvalue weighted by Crippen LogP contribution is 2.18. The average Bonchev–Trinajstić information content (AvgIpc) is 2.43. The molecule has 0 bridgehead atoms. The quantitative estimate of drug-likeness (QED) is 0.869. The normalized spacial score (nSPS) is 19.8. The second-order valence-electron chi connectivity index (χ2n) is 5.41. The van der Waals surface area contributed by atoms with Gasteiger partial charge in [0.25, 0.3) is 0 Å². The number of hydrogen-bond donors (Lipinski definition) is 1. The fourth-order valence-corrected chi connectivity index (χ4v) is 2.95. The summed E-state index contributed by atoms with van der Waals surface area (Å²) in [6.07, 6.45) is 7.40. The molecule has 1 aromatic heterocycles. The molecule has 0 radical (unpaired) electrons. The first-order chi connectivity index (χ1) is 9.29. The molecule has 0 amide bonds. The van der Waals surface area contributed by atoms with E-state index in [1.165, 1.54) is 37.9 Å². The van der Waals surface area contributed by atoms with Gasteiger partial charge in [-0.15, -0.1) is 0 Å². The zero-order valence-corrected chi connectivity index (χ0v) is 12.5. The minimum absolute atomic E-state index is 0.779. The van der Waals surface area contributed by atoms with Gasteiger partial charge >= 0.3 is 0 Å². The lowest BCUT2D eigenvalue weighted by molar-refractivity contribution is 0.201. The molecule has 1 atom stereocenters. The van der Waals surface area contributed by atoms with Gasteiger partial charge in [-0.1, -0.05) is 18.5 Å². The molecule has 1 unspecified atom stereocenters. The number of halogens is 1. The number of nitrogens with zero attached hydrogens (tertiary/aromatic N) is 2. The van der Waals surface area contributed by atoms with Crippen molar-refractivity contribution >= 4 is 11.6 Å². The summed E-state index contributed by atoms with van der Waals surface area (Å²) in [6, 6.07) is 2.03. The van der Waals surface area contributed by atoms with E-state index in [1.54, 1.807) is 6.20 Å².